The number of amides is 2. The molecule has 0 saturated heterocycles. The Balaban J connectivity index is 1.64. The Morgan fingerprint density at radius 3 is 2.42 bits per heavy atom. The number of anilines is 1. The van der Waals surface area contributed by atoms with Crippen molar-refractivity contribution in [3.8, 4) is 11.5 Å². The van der Waals surface area contributed by atoms with Crippen molar-refractivity contribution in [1.82, 2.24) is 5.32 Å². The molecule has 52 heavy (non-hydrogen) atoms. The van der Waals surface area contributed by atoms with Crippen LogP contribution in [0.4, 0.5) is 5.69 Å². The molecule has 11 heteroatoms. The van der Waals surface area contributed by atoms with Crippen LogP contribution >= 0.6 is 0 Å². The maximum atomic E-state index is 13.8. The third kappa shape index (κ3) is 11.4. The molecule has 11 nitrogen and oxygen atoms in total. The van der Waals surface area contributed by atoms with Crippen molar-refractivity contribution in [2.45, 2.75) is 102 Å². The lowest BCUT2D eigenvalue weighted by Gasteiger charge is -2.32. The van der Waals surface area contributed by atoms with E-state index in [1.807, 2.05) is 62.4 Å². The minimum absolute atomic E-state index is 0.0517. The van der Waals surface area contributed by atoms with Gasteiger partial charge in [0.25, 0.3) is 0 Å². The molecule has 4 rings (SSSR count). The number of fused-ring (bicyclic) bond motifs is 2. The minimum Gasteiger partial charge on any atom is -0.497 e. The lowest BCUT2D eigenvalue weighted by molar-refractivity contribution is -0.161. The quantitative estimate of drug-likeness (QED) is 0.154. The molecule has 1 heterocycles. The molecule has 284 valence electrons. The van der Waals surface area contributed by atoms with Crippen LogP contribution in [0, 0.1) is 5.92 Å². The van der Waals surface area contributed by atoms with Crippen LogP contribution in [-0.2, 0) is 39.8 Å². The second-order valence-electron chi connectivity index (χ2n) is 13.6. The summed E-state index contributed by atoms with van der Waals surface area (Å²) in [4.78, 5) is 40.0. The van der Waals surface area contributed by atoms with Crippen LogP contribution in [0.1, 0.15) is 77.2 Å². The number of carbonyl (C=O) groups is 3. The van der Waals surface area contributed by atoms with Crippen LogP contribution in [0.3, 0.4) is 0 Å². The highest BCUT2D eigenvalue weighted by Gasteiger charge is 2.54. The van der Waals surface area contributed by atoms with Gasteiger partial charge in [-0.25, -0.2) is 4.79 Å². The first-order chi connectivity index (χ1) is 25.1. The lowest BCUT2D eigenvalue weighted by Crippen LogP contribution is -2.47. The summed E-state index contributed by atoms with van der Waals surface area (Å²) >= 11 is 0. The Bertz CT molecular complexity index is 1540. The predicted octanol–water partition coefficient (Wildman–Crippen LogP) is 6.68. The van der Waals surface area contributed by atoms with Crippen LogP contribution in [0.2, 0.25) is 0 Å². The minimum atomic E-state index is -1.01. The smallest absolute Gasteiger partial charge is 0.332 e. The Labute approximate surface area is 308 Å². The van der Waals surface area contributed by atoms with E-state index in [-0.39, 0.29) is 30.9 Å². The molecule has 2 aliphatic carbocycles. The second-order valence-corrected chi connectivity index (χ2v) is 13.6. The normalized spacial score (nSPS) is 26.2. The maximum absolute atomic E-state index is 13.8. The molecular weight excluding hydrogens is 664 g/mol. The van der Waals surface area contributed by atoms with Crippen LogP contribution in [0.5, 0.6) is 11.5 Å². The number of aryl methyl sites for hydroxylation is 1. The summed E-state index contributed by atoms with van der Waals surface area (Å²) in [6.07, 6.45) is 20.3. The molecule has 1 saturated carbocycles. The van der Waals surface area contributed by atoms with Gasteiger partial charge in [0.2, 0.25) is 11.8 Å². The number of nitrogens with one attached hydrogen (secondary N) is 2. The van der Waals surface area contributed by atoms with Gasteiger partial charge in [0.1, 0.15) is 29.9 Å². The molecule has 3 aliphatic rings. The van der Waals surface area contributed by atoms with Crippen molar-refractivity contribution in [3.63, 3.8) is 0 Å². The summed E-state index contributed by atoms with van der Waals surface area (Å²) in [5.74, 6) is 0.0342. The fourth-order valence-corrected chi connectivity index (χ4v) is 6.59. The van der Waals surface area contributed by atoms with Crippen LogP contribution in [0.15, 0.2) is 71.9 Å². The van der Waals surface area contributed by atoms with Gasteiger partial charge in [-0.15, -0.1) is 0 Å². The number of hydrogen-bond donors (Lipinski definition) is 2. The molecule has 1 aromatic carbocycles. The van der Waals surface area contributed by atoms with Crippen LogP contribution in [0.25, 0.3) is 0 Å². The average Bonchev–Trinajstić information content (AvgIpc) is 3.93. The predicted molar refractivity (Wildman–Crippen MR) is 200 cm³/mol. The zero-order valence-corrected chi connectivity index (χ0v) is 31.5. The molecule has 4 atom stereocenters. The van der Waals surface area contributed by atoms with Gasteiger partial charge in [0.05, 0.1) is 38.5 Å². The molecule has 1 fully saturated rings. The number of carbonyl (C=O) groups excluding carboxylic acids is 3. The number of hydrogen-bond acceptors (Lipinski definition) is 9. The largest absolute Gasteiger partial charge is 0.497 e. The first-order valence-corrected chi connectivity index (χ1v) is 18.2. The van der Waals surface area contributed by atoms with E-state index in [2.05, 4.69) is 16.7 Å². The van der Waals surface area contributed by atoms with Gasteiger partial charge in [-0.05, 0) is 69.9 Å². The summed E-state index contributed by atoms with van der Waals surface area (Å²) < 4.78 is 34.8. The molecule has 2 N–H and O–H groups in total. The summed E-state index contributed by atoms with van der Waals surface area (Å²) in [6, 6.07) is 3.65. The molecule has 0 spiro atoms. The fourth-order valence-electron chi connectivity index (χ4n) is 6.59. The Hall–Kier alpha value is -4.19. The van der Waals surface area contributed by atoms with E-state index < -0.39 is 29.8 Å². The highest BCUT2D eigenvalue weighted by molar-refractivity contribution is 5.99. The van der Waals surface area contributed by atoms with Gasteiger partial charge in [-0.1, -0.05) is 55.5 Å². The molecule has 1 aliphatic heterocycles. The summed E-state index contributed by atoms with van der Waals surface area (Å²) in [5, 5.41) is 5.99. The van der Waals surface area contributed by atoms with E-state index in [1.165, 1.54) is 0 Å². The average molecular weight is 721 g/mol. The number of benzene rings is 1. The van der Waals surface area contributed by atoms with E-state index in [4.69, 9.17) is 28.4 Å². The molecule has 0 radical (unpaired) electrons. The lowest BCUT2D eigenvalue weighted by atomic mass is 9.90. The number of methoxy groups -OCH3 is 4. The van der Waals surface area contributed by atoms with Crippen molar-refractivity contribution >= 4 is 23.5 Å². The van der Waals surface area contributed by atoms with Crippen molar-refractivity contribution in [1.29, 1.82) is 0 Å². The molecule has 0 unspecified atom stereocenters. The van der Waals surface area contributed by atoms with Crippen molar-refractivity contribution in [2.24, 2.45) is 5.92 Å². The van der Waals surface area contributed by atoms with E-state index in [1.54, 1.807) is 34.5 Å². The Morgan fingerprint density at radius 1 is 0.962 bits per heavy atom. The Morgan fingerprint density at radius 2 is 1.75 bits per heavy atom. The van der Waals surface area contributed by atoms with Crippen LogP contribution in [-0.4, -0.2) is 76.9 Å². The molecule has 0 aromatic heterocycles. The standard InChI is InChI=1S/C41H56N2O9/c1-28-16-15-19-31-24-33(49-5)25-34(38(31)50-6)42-36(44)26-32(48-4)20-13-8-7-9-14-21-35(29(2)37(28)51-27-47-3)52-40(46)41(22-23-41)43-39(45)30-17-11-10-12-18-30/h7-9,13-14,16-17,20,24-25,29,32,35,37H,10-12,15,18-19,21-23,26-27H2,1-6H3,(H,42,44)(H,43,45)/b8-7+,14-9?,20-13-,28-16-/t29-,32+,35+,37+/m1/s1. The van der Waals surface area contributed by atoms with Gasteiger partial charge in [-0.2, -0.15) is 0 Å². The topological polar surface area (TPSA) is 131 Å². The SMILES string of the molecule is COCO[C@H]1/C(C)=C\CCc2cc(OC)cc(c2OC)NC(=O)C[C@@H](OC)/C=C\C=C\C=CC[C@H](OC(=O)C2(NC(=O)C3=CCCCC3)CC2)[C@H]1C. The summed E-state index contributed by atoms with van der Waals surface area (Å²) in [7, 11) is 6.29. The van der Waals surface area contributed by atoms with E-state index >= 15 is 0 Å². The molecule has 2 bridgehead atoms. The van der Waals surface area contributed by atoms with Crippen molar-refractivity contribution < 1.29 is 42.8 Å². The van der Waals surface area contributed by atoms with Gasteiger partial charge < -0.3 is 39.1 Å². The van der Waals surface area contributed by atoms with E-state index in [0.717, 1.165) is 42.4 Å². The fraction of sp³-hybridized carbons (Fsp3) is 0.537. The summed E-state index contributed by atoms with van der Waals surface area (Å²) in [5.41, 5.74) is 2.06. The van der Waals surface area contributed by atoms with Gasteiger partial charge in [0.15, 0.2) is 0 Å². The Kier molecular flexibility index (Phi) is 15.7. The van der Waals surface area contributed by atoms with E-state index in [0.29, 0.717) is 49.3 Å². The molecule has 2 amide bonds. The van der Waals surface area contributed by atoms with Crippen molar-refractivity contribution in [2.75, 3.05) is 40.5 Å². The van der Waals surface area contributed by atoms with Crippen LogP contribution < -0.4 is 20.1 Å². The third-order valence-electron chi connectivity index (χ3n) is 9.80. The first-order valence-electron chi connectivity index (χ1n) is 18.2. The van der Waals surface area contributed by atoms with Gasteiger partial charge >= 0.3 is 5.97 Å². The first kappa shape index (κ1) is 40.6. The maximum Gasteiger partial charge on any atom is 0.332 e. The molecule has 1 aromatic rings. The summed E-state index contributed by atoms with van der Waals surface area (Å²) in [6.45, 7) is 4.06. The van der Waals surface area contributed by atoms with Gasteiger partial charge in [-0.3, -0.25) is 9.59 Å². The number of rotatable bonds is 10. The highest BCUT2D eigenvalue weighted by atomic mass is 16.7. The third-order valence-corrected chi connectivity index (χ3v) is 9.80. The van der Waals surface area contributed by atoms with Crippen molar-refractivity contribution in [3.05, 3.63) is 77.5 Å². The molecular formula is C41H56N2O9. The number of allylic oxidation sites excluding steroid dienone is 6. The second kappa shape index (κ2) is 20.2. The van der Waals surface area contributed by atoms with E-state index in [9.17, 15) is 14.4 Å². The number of ether oxygens (including phenoxy) is 6. The zero-order valence-electron chi connectivity index (χ0n) is 31.5. The monoisotopic (exact) mass is 720 g/mol. The van der Waals surface area contributed by atoms with Gasteiger partial charge in [0, 0.05) is 43.8 Å². The highest BCUT2D eigenvalue weighted by Crippen LogP contribution is 2.39. The zero-order chi connectivity index (χ0) is 37.5. The number of esters is 1.